The summed E-state index contributed by atoms with van der Waals surface area (Å²) in [5.41, 5.74) is 2.44. The van der Waals surface area contributed by atoms with Gasteiger partial charge in [-0.3, -0.25) is 9.78 Å². The first-order valence-corrected chi connectivity index (χ1v) is 8.87. The first-order chi connectivity index (χ1) is 12.1. The third kappa shape index (κ3) is 3.12. The number of nitrogens with zero attached hydrogens (tertiary/aromatic N) is 4. The van der Waals surface area contributed by atoms with E-state index >= 15 is 0 Å². The van der Waals surface area contributed by atoms with Gasteiger partial charge in [0.1, 0.15) is 0 Å². The number of piperidine rings is 1. The molecule has 3 aromatic rings. The summed E-state index contributed by atoms with van der Waals surface area (Å²) >= 11 is 6.02. The summed E-state index contributed by atoms with van der Waals surface area (Å²) < 4.78 is 1.78. The molecule has 1 amide bonds. The first kappa shape index (κ1) is 16.1. The van der Waals surface area contributed by atoms with Crippen molar-refractivity contribution in [2.75, 3.05) is 13.1 Å². The zero-order valence-corrected chi connectivity index (χ0v) is 14.8. The molecule has 1 aliphatic rings. The van der Waals surface area contributed by atoms with Crippen LogP contribution in [0.4, 0.5) is 0 Å². The van der Waals surface area contributed by atoms with Crippen LogP contribution in [0, 0.1) is 5.92 Å². The normalized spacial score (nSPS) is 15.7. The minimum atomic E-state index is 0.103. The van der Waals surface area contributed by atoms with Gasteiger partial charge in [-0.2, -0.15) is 5.10 Å². The van der Waals surface area contributed by atoms with E-state index in [-0.39, 0.29) is 5.91 Å². The highest BCUT2D eigenvalue weighted by molar-refractivity contribution is 6.30. The van der Waals surface area contributed by atoms with Crippen LogP contribution in [0.5, 0.6) is 0 Å². The quantitative estimate of drug-likeness (QED) is 0.700. The lowest BCUT2D eigenvalue weighted by Crippen LogP contribution is -2.37. The highest BCUT2D eigenvalue weighted by Gasteiger charge is 2.21. The van der Waals surface area contributed by atoms with Crippen LogP contribution in [0.15, 0.2) is 42.9 Å². The largest absolute Gasteiger partial charge is 0.339 e. The number of rotatable bonds is 2. The maximum Gasteiger partial charge on any atom is 0.253 e. The fourth-order valence-corrected chi connectivity index (χ4v) is 3.45. The predicted molar refractivity (Wildman–Crippen MR) is 98.2 cm³/mol. The van der Waals surface area contributed by atoms with Crippen molar-refractivity contribution in [2.24, 2.45) is 5.92 Å². The number of carbonyl (C=O) groups excluding carboxylic acids is 1. The van der Waals surface area contributed by atoms with E-state index in [9.17, 15) is 4.79 Å². The van der Waals surface area contributed by atoms with E-state index in [1.54, 1.807) is 23.3 Å². The van der Waals surface area contributed by atoms with E-state index < -0.39 is 0 Å². The van der Waals surface area contributed by atoms with Gasteiger partial charge in [-0.05, 0) is 43.0 Å². The van der Waals surface area contributed by atoms with E-state index in [2.05, 4.69) is 17.0 Å². The summed E-state index contributed by atoms with van der Waals surface area (Å²) in [5, 5.41) is 5.91. The molecule has 0 aliphatic carbocycles. The van der Waals surface area contributed by atoms with Gasteiger partial charge in [0.25, 0.3) is 5.91 Å². The van der Waals surface area contributed by atoms with Gasteiger partial charge in [0.2, 0.25) is 0 Å². The average Bonchev–Trinajstić information content (AvgIpc) is 3.05. The third-order valence-electron chi connectivity index (χ3n) is 4.82. The molecule has 6 heteroatoms. The summed E-state index contributed by atoms with van der Waals surface area (Å²) in [6, 6.07) is 7.54. The maximum absolute atomic E-state index is 12.7. The van der Waals surface area contributed by atoms with Crippen LogP contribution < -0.4 is 0 Å². The van der Waals surface area contributed by atoms with Crippen molar-refractivity contribution < 1.29 is 4.79 Å². The molecule has 4 rings (SSSR count). The second-order valence-corrected chi connectivity index (χ2v) is 7.10. The third-order valence-corrected chi connectivity index (χ3v) is 5.03. The minimum absolute atomic E-state index is 0.103. The fraction of sp³-hybridized carbons (Fsp3) is 0.316. The second kappa shape index (κ2) is 6.48. The van der Waals surface area contributed by atoms with E-state index in [0.717, 1.165) is 42.5 Å². The van der Waals surface area contributed by atoms with Gasteiger partial charge >= 0.3 is 0 Å². The number of hydrogen-bond donors (Lipinski definition) is 0. The molecule has 2 aromatic heterocycles. The van der Waals surface area contributed by atoms with Crippen molar-refractivity contribution >= 4 is 28.4 Å². The van der Waals surface area contributed by atoms with Gasteiger partial charge in [-0.15, -0.1) is 0 Å². The summed E-state index contributed by atoms with van der Waals surface area (Å²) in [6.07, 6.45) is 7.23. The number of likely N-dealkylation sites (tertiary alicyclic amines) is 1. The van der Waals surface area contributed by atoms with Gasteiger partial charge in [-0.25, -0.2) is 4.68 Å². The topological polar surface area (TPSA) is 51.0 Å². The molecule has 0 N–H and O–H groups in total. The van der Waals surface area contributed by atoms with Crippen molar-refractivity contribution in [3.63, 3.8) is 0 Å². The van der Waals surface area contributed by atoms with Gasteiger partial charge < -0.3 is 4.90 Å². The molecule has 0 radical (unpaired) electrons. The van der Waals surface area contributed by atoms with Gasteiger partial charge in [-0.1, -0.05) is 18.5 Å². The van der Waals surface area contributed by atoms with Crippen LogP contribution in [0.3, 0.4) is 0 Å². The van der Waals surface area contributed by atoms with Crippen LogP contribution in [0.1, 0.15) is 30.1 Å². The number of amides is 1. The summed E-state index contributed by atoms with van der Waals surface area (Å²) in [5.74, 6) is 0.807. The summed E-state index contributed by atoms with van der Waals surface area (Å²) in [4.78, 5) is 18.8. The Hall–Kier alpha value is -2.40. The molecule has 128 valence electrons. The van der Waals surface area contributed by atoms with Crippen molar-refractivity contribution in [2.45, 2.75) is 19.8 Å². The average molecular weight is 355 g/mol. The molecule has 1 aliphatic heterocycles. The van der Waals surface area contributed by atoms with E-state index in [4.69, 9.17) is 11.6 Å². The molecule has 1 fully saturated rings. The molecule has 0 atom stereocenters. The lowest BCUT2D eigenvalue weighted by molar-refractivity contribution is 0.0697. The van der Waals surface area contributed by atoms with Gasteiger partial charge in [0.05, 0.1) is 28.6 Å². The lowest BCUT2D eigenvalue weighted by Gasteiger charge is -2.30. The van der Waals surface area contributed by atoms with Crippen molar-refractivity contribution in [3.8, 4) is 5.69 Å². The second-order valence-electron chi connectivity index (χ2n) is 6.67. The SMILES string of the molecule is CC1CCN(C(=O)c2ccc3c(cnn3-c3cncc(Cl)c3)c2)CC1. The number of fused-ring (bicyclic) bond motifs is 1. The Kier molecular flexibility index (Phi) is 4.17. The molecule has 0 unspecified atom stereocenters. The maximum atomic E-state index is 12.7. The molecule has 25 heavy (non-hydrogen) atoms. The number of pyridine rings is 1. The predicted octanol–water partition coefficient (Wildman–Crippen LogP) is 3.95. The van der Waals surface area contributed by atoms with Gasteiger partial charge in [0.15, 0.2) is 0 Å². The van der Waals surface area contributed by atoms with E-state index in [0.29, 0.717) is 16.5 Å². The molecular formula is C19H19ClN4O. The van der Waals surface area contributed by atoms with Crippen LogP contribution in [-0.2, 0) is 0 Å². The number of halogens is 1. The Morgan fingerprint density at radius 3 is 2.72 bits per heavy atom. The zero-order valence-electron chi connectivity index (χ0n) is 14.0. The molecule has 0 spiro atoms. The van der Waals surface area contributed by atoms with Gasteiger partial charge in [0, 0.05) is 30.2 Å². The van der Waals surface area contributed by atoms with Crippen molar-refractivity contribution in [1.82, 2.24) is 19.7 Å². The number of benzene rings is 1. The molecule has 0 saturated carbocycles. The van der Waals surface area contributed by atoms with Crippen molar-refractivity contribution in [1.29, 1.82) is 0 Å². The van der Waals surface area contributed by atoms with Crippen LogP contribution in [-0.4, -0.2) is 38.7 Å². The molecule has 1 aromatic carbocycles. The monoisotopic (exact) mass is 354 g/mol. The Balaban J connectivity index is 1.64. The Labute approximate surface area is 151 Å². The fourth-order valence-electron chi connectivity index (χ4n) is 3.28. The summed E-state index contributed by atoms with van der Waals surface area (Å²) in [6.45, 7) is 3.92. The smallest absolute Gasteiger partial charge is 0.253 e. The van der Waals surface area contributed by atoms with Crippen LogP contribution >= 0.6 is 11.6 Å². The van der Waals surface area contributed by atoms with E-state index in [1.807, 2.05) is 29.2 Å². The highest BCUT2D eigenvalue weighted by atomic mass is 35.5. The van der Waals surface area contributed by atoms with Crippen molar-refractivity contribution in [3.05, 3.63) is 53.4 Å². The number of hydrogen-bond acceptors (Lipinski definition) is 3. The number of carbonyl (C=O) groups is 1. The highest BCUT2D eigenvalue weighted by Crippen LogP contribution is 2.23. The van der Waals surface area contributed by atoms with E-state index in [1.165, 1.54) is 0 Å². The Bertz CT molecular complexity index is 928. The van der Waals surface area contributed by atoms with Crippen LogP contribution in [0.25, 0.3) is 16.6 Å². The standard InChI is InChI=1S/C19H19ClN4O/c1-13-4-6-23(7-5-13)19(25)14-2-3-18-15(8-14)10-22-24(18)17-9-16(20)11-21-12-17/h2-3,8-13H,4-7H2,1H3. The Morgan fingerprint density at radius 2 is 1.96 bits per heavy atom. The molecule has 5 nitrogen and oxygen atoms in total. The first-order valence-electron chi connectivity index (χ1n) is 8.50. The molecule has 1 saturated heterocycles. The minimum Gasteiger partial charge on any atom is -0.339 e. The summed E-state index contributed by atoms with van der Waals surface area (Å²) in [7, 11) is 0. The molecule has 3 heterocycles. The number of aromatic nitrogens is 3. The van der Waals surface area contributed by atoms with Crippen LogP contribution in [0.2, 0.25) is 5.02 Å². The Morgan fingerprint density at radius 1 is 1.16 bits per heavy atom. The lowest BCUT2D eigenvalue weighted by atomic mass is 9.98. The zero-order chi connectivity index (χ0) is 17.4. The molecular weight excluding hydrogens is 336 g/mol. The molecule has 0 bridgehead atoms.